The van der Waals surface area contributed by atoms with Crippen LogP contribution in [0.1, 0.15) is 34.5 Å². The van der Waals surface area contributed by atoms with E-state index in [2.05, 4.69) is 26.3 Å². The molecule has 2 amide bonds. The predicted molar refractivity (Wildman–Crippen MR) is 114 cm³/mol. The quantitative estimate of drug-likeness (QED) is 0.510. The first-order valence-corrected chi connectivity index (χ1v) is 10.8. The Morgan fingerprint density at radius 1 is 1.28 bits per heavy atom. The van der Waals surface area contributed by atoms with E-state index in [0.717, 1.165) is 0 Å². The normalized spacial score (nSPS) is 15.7. The number of amides is 2. The Labute approximate surface area is 183 Å². The molecule has 29 heavy (non-hydrogen) atoms. The molecule has 0 saturated carbocycles. The monoisotopic (exact) mass is 497 g/mol. The van der Waals surface area contributed by atoms with Crippen LogP contribution < -0.4 is 14.8 Å². The number of thioether (sulfide) groups is 1. The van der Waals surface area contributed by atoms with Crippen LogP contribution in [-0.4, -0.2) is 35.1 Å². The molecule has 11 heteroatoms. The lowest BCUT2D eigenvalue weighted by Crippen LogP contribution is -2.25. The number of carbonyl (C=O) groups excluding carboxylic acids is 3. The largest absolute Gasteiger partial charge is 0.493 e. The van der Waals surface area contributed by atoms with Crippen LogP contribution in [-0.2, 0) is 9.59 Å². The van der Waals surface area contributed by atoms with Gasteiger partial charge in [0.15, 0.2) is 16.7 Å². The molecule has 3 rings (SSSR count). The van der Waals surface area contributed by atoms with Gasteiger partial charge in [-0.3, -0.25) is 9.59 Å². The summed E-state index contributed by atoms with van der Waals surface area (Å²) in [5, 5.41) is 9.62. The zero-order valence-electron chi connectivity index (χ0n) is 15.6. The second-order valence-electron chi connectivity index (χ2n) is 5.82. The number of nitrogens with zero attached hydrogens (tertiary/aromatic N) is 2. The number of nitrogens with one attached hydrogen (secondary N) is 1. The van der Waals surface area contributed by atoms with Crippen molar-refractivity contribution < 1.29 is 23.9 Å². The number of hydrogen-bond donors (Lipinski definition) is 1. The van der Waals surface area contributed by atoms with Crippen LogP contribution in [0.4, 0.5) is 0 Å². The number of hydrogen-bond acceptors (Lipinski definition) is 8. The third kappa shape index (κ3) is 4.80. The number of hydrazone groups is 1. The van der Waals surface area contributed by atoms with Gasteiger partial charge in [-0.2, -0.15) is 0 Å². The van der Waals surface area contributed by atoms with Crippen LogP contribution in [0.2, 0.25) is 0 Å². The average Bonchev–Trinajstić information content (AvgIpc) is 3.32. The van der Waals surface area contributed by atoms with Crippen molar-refractivity contribution in [2.45, 2.75) is 19.2 Å². The highest BCUT2D eigenvalue weighted by atomic mass is 79.9. The van der Waals surface area contributed by atoms with E-state index in [1.54, 1.807) is 29.6 Å². The number of methoxy groups -OCH3 is 1. The smallest absolute Gasteiger partial charge is 0.353 e. The van der Waals surface area contributed by atoms with E-state index in [1.807, 2.05) is 0 Å². The highest BCUT2D eigenvalue weighted by Crippen LogP contribution is 2.45. The number of rotatable bonds is 4. The Morgan fingerprint density at radius 2 is 2.03 bits per heavy atom. The first-order chi connectivity index (χ1) is 13.8. The Bertz CT molecular complexity index is 994. The van der Waals surface area contributed by atoms with Gasteiger partial charge >= 0.3 is 5.97 Å². The number of carbonyl (C=O) groups is 3. The molecule has 0 radical (unpaired) electrons. The van der Waals surface area contributed by atoms with Crippen molar-refractivity contribution in [1.82, 2.24) is 10.3 Å². The Balaban J connectivity index is 1.91. The third-order valence-corrected chi connectivity index (χ3v) is 6.24. The zero-order chi connectivity index (χ0) is 21.1. The molecule has 0 fully saturated rings. The van der Waals surface area contributed by atoms with E-state index in [0.29, 0.717) is 25.8 Å². The summed E-state index contributed by atoms with van der Waals surface area (Å²) in [7, 11) is 1.46. The molecule has 2 aromatic rings. The van der Waals surface area contributed by atoms with Gasteiger partial charge in [0.2, 0.25) is 11.8 Å². The van der Waals surface area contributed by atoms with E-state index in [9.17, 15) is 14.4 Å². The molecular formula is C18H16BrN3O5S2. The van der Waals surface area contributed by atoms with E-state index >= 15 is 0 Å². The minimum Gasteiger partial charge on any atom is -0.493 e. The molecule has 0 saturated heterocycles. The van der Waals surface area contributed by atoms with Crippen LogP contribution in [0.15, 0.2) is 39.2 Å². The topological polar surface area (TPSA) is 97.3 Å². The highest BCUT2D eigenvalue weighted by molar-refractivity contribution is 9.10. The highest BCUT2D eigenvalue weighted by Gasteiger charge is 2.33. The first-order valence-electron chi connectivity index (χ1n) is 8.26. The van der Waals surface area contributed by atoms with Crippen molar-refractivity contribution in [3.05, 3.63) is 44.6 Å². The van der Waals surface area contributed by atoms with E-state index < -0.39 is 11.3 Å². The Morgan fingerprint density at radius 3 is 2.62 bits per heavy atom. The van der Waals surface area contributed by atoms with Crippen LogP contribution in [0.25, 0.3) is 0 Å². The van der Waals surface area contributed by atoms with Crippen molar-refractivity contribution in [1.29, 1.82) is 0 Å². The van der Waals surface area contributed by atoms with Crippen molar-refractivity contribution in [3.63, 3.8) is 0 Å². The molecule has 1 aliphatic rings. The van der Waals surface area contributed by atoms with Gasteiger partial charge in [0.1, 0.15) is 10.3 Å². The minimum atomic E-state index is -0.512. The molecule has 8 nitrogen and oxygen atoms in total. The lowest BCUT2D eigenvalue weighted by Gasteiger charge is -2.21. The van der Waals surface area contributed by atoms with Crippen molar-refractivity contribution in [3.8, 4) is 11.5 Å². The van der Waals surface area contributed by atoms with Gasteiger partial charge in [-0.15, -0.1) is 16.4 Å². The van der Waals surface area contributed by atoms with Gasteiger partial charge in [-0.1, -0.05) is 17.8 Å². The van der Waals surface area contributed by atoms with Crippen molar-refractivity contribution >= 4 is 62.0 Å². The zero-order valence-corrected chi connectivity index (χ0v) is 18.8. The Hall–Kier alpha value is -2.37. The lowest BCUT2D eigenvalue weighted by atomic mass is 10.2. The molecule has 1 atom stereocenters. The summed E-state index contributed by atoms with van der Waals surface area (Å²) in [5.41, 5.74) is 0.675. The summed E-state index contributed by atoms with van der Waals surface area (Å²) in [4.78, 5) is 36.1. The van der Waals surface area contributed by atoms with Crippen LogP contribution in [0.3, 0.4) is 0 Å². The molecular weight excluding hydrogens is 482 g/mol. The fourth-order valence-electron chi connectivity index (χ4n) is 2.50. The Kier molecular flexibility index (Phi) is 6.60. The standard InChI is InChI=1S/C18H16BrN3O5S2/c1-9(23)20-18-21-22(10(2)24)16(29-18)11-7-12(19)15(13(8-11)26-3)27-17(25)14-5-4-6-28-14/h4-8,16H,1-3H3,(H,20,21,23)/t16-/m1/s1. The summed E-state index contributed by atoms with van der Waals surface area (Å²) in [6.07, 6.45) is 0. The van der Waals surface area contributed by atoms with E-state index in [1.165, 1.54) is 49.1 Å². The maximum absolute atomic E-state index is 12.3. The fraction of sp³-hybridized carbons (Fsp3) is 0.222. The van der Waals surface area contributed by atoms with Gasteiger partial charge in [0, 0.05) is 13.8 Å². The van der Waals surface area contributed by atoms with Gasteiger partial charge < -0.3 is 14.8 Å². The van der Waals surface area contributed by atoms with Crippen LogP contribution in [0, 0.1) is 0 Å². The number of amidine groups is 1. The van der Waals surface area contributed by atoms with E-state index in [4.69, 9.17) is 9.47 Å². The molecule has 0 bridgehead atoms. The minimum absolute atomic E-state index is 0.232. The number of thiophene rings is 1. The van der Waals surface area contributed by atoms with Crippen LogP contribution in [0.5, 0.6) is 11.5 Å². The molecule has 1 aromatic heterocycles. The van der Waals surface area contributed by atoms with E-state index in [-0.39, 0.29) is 17.6 Å². The van der Waals surface area contributed by atoms with Gasteiger partial charge in [-0.05, 0) is 45.1 Å². The third-order valence-electron chi connectivity index (χ3n) is 3.70. The maximum Gasteiger partial charge on any atom is 0.353 e. The molecule has 0 spiro atoms. The summed E-state index contributed by atoms with van der Waals surface area (Å²) in [6, 6.07) is 6.82. The summed E-state index contributed by atoms with van der Waals surface area (Å²) in [5.74, 6) is -0.517. The molecule has 1 N–H and O–H groups in total. The maximum atomic E-state index is 12.3. The lowest BCUT2D eigenvalue weighted by molar-refractivity contribution is -0.129. The van der Waals surface area contributed by atoms with Crippen molar-refractivity contribution in [2.24, 2.45) is 5.10 Å². The summed E-state index contributed by atoms with van der Waals surface area (Å²) >= 11 is 5.91. The summed E-state index contributed by atoms with van der Waals surface area (Å²) < 4.78 is 11.4. The van der Waals surface area contributed by atoms with Gasteiger partial charge in [0.25, 0.3) is 0 Å². The SMILES string of the molecule is COc1cc([C@H]2SC(NC(C)=O)=NN2C(C)=O)cc(Br)c1OC(=O)c1cccs1. The number of benzene rings is 1. The van der Waals surface area contributed by atoms with Crippen LogP contribution >= 0.6 is 39.0 Å². The summed E-state index contributed by atoms with van der Waals surface area (Å²) in [6.45, 7) is 2.75. The van der Waals surface area contributed by atoms with Gasteiger partial charge in [-0.25, -0.2) is 9.80 Å². The van der Waals surface area contributed by atoms with Gasteiger partial charge in [0.05, 0.1) is 11.6 Å². The second-order valence-corrected chi connectivity index (χ2v) is 8.69. The number of halogens is 1. The molecule has 0 unspecified atom stereocenters. The molecule has 1 aliphatic heterocycles. The average molecular weight is 498 g/mol. The predicted octanol–water partition coefficient (Wildman–Crippen LogP) is 3.74. The molecule has 2 heterocycles. The second kappa shape index (κ2) is 8.97. The van der Waals surface area contributed by atoms with Crippen molar-refractivity contribution in [2.75, 3.05) is 7.11 Å². The fourth-order valence-corrected chi connectivity index (χ4v) is 4.75. The first kappa shape index (κ1) is 21.3. The number of esters is 1. The molecule has 1 aromatic carbocycles. The number of ether oxygens (including phenoxy) is 2. The molecule has 152 valence electrons. The molecule has 0 aliphatic carbocycles.